The van der Waals surface area contributed by atoms with Crippen LogP contribution in [-0.4, -0.2) is 16.1 Å². The van der Waals surface area contributed by atoms with Gasteiger partial charge in [0.2, 0.25) is 5.88 Å². The summed E-state index contributed by atoms with van der Waals surface area (Å²) >= 11 is 0. The number of hydrogen-bond donors (Lipinski definition) is 1. The predicted octanol–water partition coefficient (Wildman–Crippen LogP) is 3.73. The van der Waals surface area contributed by atoms with E-state index in [0.717, 1.165) is 10.8 Å². The maximum absolute atomic E-state index is 11.1. The van der Waals surface area contributed by atoms with Crippen molar-refractivity contribution in [3.8, 4) is 11.6 Å². The van der Waals surface area contributed by atoms with Gasteiger partial charge in [-0.15, -0.1) is 0 Å². The summed E-state index contributed by atoms with van der Waals surface area (Å²) in [7, 11) is 0. The summed E-state index contributed by atoms with van der Waals surface area (Å²) in [5.41, 5.74) is -0.0327. The van der Waals surface area contributed by atoms with Gasteiger partial charge in [-0.2, -0.15) is 0 Å². The number of rotatable bonds is 3. The van der Waals surface area contributed by atoms with Crippen molar-refractivity contribution < 1.29 is 14.6 Å². The number of ether oxygens (including phenoxy) is 1. The lowest BCUT2D eigenvalue weighted by atomic mass is 10.1. The molecule has 0 saturated carbocycles. The Morgan fingerprint density at radius 1 is 1.00 bits per heavy atom. The van der Waals surface area contributed by atoms with Crippen LogP contribution < -0.4 is 4.74 Å². The Balaban J connectivity index is 2.15. The lowest BCUT2D eigenvalue weighted by Gasteiger charge is -2.09. The predicted molar refractivity (Wildman–Crippen MR) is 75.2 cm³/mol. The molecule has 20 heavy (non-hydrogen) atoms. The lowest BCUT2D eigenvalue weighted by Crippen LogP contribution is -2.02. The summed E-state index contributed by atoms with van der Waals surface area (Å²) in [6.45, 7) is 0. The van der Waals surface area contributed by atoms with Crippen molar-refractivity contribution >= 4 is 16.7 Å². The first-order valence-electron chi connectivity index (χ1n) is 6.10. The van der Waals surface area contributed by atoms with E-state index in [-0.39, 0.29) is 5.69 Å². The first kappa shape index (κ1) is 12.2. The Hall–Kier alpha value is -2.88. The van der Waals surface area contributed by atoms with Gasteiger partial charge in [-0.25, -0.2) is 9.78 Å². The number of carboxylic acid groups (broad SMARTS) is 1. The van der Waals surface area contributed by atoms with Crippen molar-refractivity contribution in [1.82, 2.24) is 4.98 Å². The minimum absolute atomic E-state index is 0.0327. The smallest absolute Gasteiger partial charge is 0.354 e. The van der Waals surface area contributed by atoms with Crippen molar-refractivity contribution in [2.45, 2.75) is 0 Å². The highest BCUT2D eigenvalue weighted by atomic mass is 16.5. The van der Waals surface area contributed by atoms with E-state index < -0.39 is 5.97 Å². The molecule has 0 aliphatic carbocycles. The topological polar surface area (TPSA) is 59.4 Å². The van der Waals surface area contributed by atoms with Crippen LogP contribution >= 0.6 is 0 Å². The minimum atomic E-state index is -1.08. The van der Waals surface area contributed by atoms with E-state index in [1.165, 1.54) is 6.07 Å². The summed E-state index contributed by atoms with van der Waals surface area (Å²) in [4.78, 5) is 15.2. The van der Waals surface area contributed by atoms with Crippen LogP contribution in [0.4, 0.5) is 0 Å². The van der Waals surface area contributed by atoms with Crippen LogP contribution in [0.3, 0.4) is 0 Å². The van der Waals surface area contributed by atoms with Crippen molar-refractivity contribution in [3.63, 3.8) is 0 Å². The molecule has 98 valence electrons. The van der Waals surface area contributed by atoms with Crippen LogP contribution in [0.15, 0.2) is 60.7 Å². The van der Waals surface area contributed by atoms with Gasteiger partial charge in [-0.1, -0.05) is 36.4 Å². The number of pyridine rings is 1. The molecule has 0 aliphatic rings. The molecule has 3 rings (SSSR count). The second-order valence-corrected chi connectivity index (χ2v) is 4.25. The van der Waals surface area contributed by atoms with Crippen LogP contribution in [0.25, 0.3) is 10.8 Å². The zero-order valence-corrected chi connectivity index (χ0v) is 10.5. The average molecular weight is 265 g/mol. The van der Waals surface area contributed by atoms with E-state index in [1.807, 2.05) is 42.5 Å². The summed E-state index contributed by atoms with van der Waals surface area (Å²) in [5, 5.41) is 10.7. The van der Waals surface area contributed by atoms with E-state index in [2.05, 4.69) is 4.98 Å². The Labute approximate surface area is 115 Å². The molecule has 0 fully saturated rings. The van der Waals surface area contributed by atoms with Gasteiger partial charge in [0, 0.05) is 5.39 Å². The lowest BCUT2D eigenvalue weighted by molar-refractivity contribution is 0.0690. The van der Waals surface area contributed by atoms with Crippen molar-refractivity contribution in [3.05, 3.63) is 66.4 Å². The third kappa shape index (κ3) is 2.31. The standard InChI is InChI=1S/C16H11NO3/c18-16(19)14-10-11-6-4-5-9-13(11)15(17-14)20-12-7-2-1-3-8-12/h1-10H,(H,18,19). The third-order valence-corrected chi connectivity index (χ3v) is 2.88. The Kier molecular flexibility index (Phi) is 3.05. The number of hydrogen-bond acceptors (Lipinski definition) is 3. The Morgan fingerprint density at radius 3 is 2.45 bits per heavy atom. The van der Waals surface area contributed by atoms with Crippen LogP contribution in [-0.2, 0) is 0 Å². The first-order chi connectivity index (χ1) is 9.74. The van der Waals surface area contributed by atoms with Gasteiger partial charge < -0.3 is 9.84 Å². The zero-order valence-electron chi connectivity index (χ0n) is 10.5. The average Bonchev–Trinajstić information content (AvgIpc) is 2.48. The molecule has 0 radical (unpaired) electrons. The molecule has 2 aromatic carbocycles. The van der Waals surface area contributed by atoms with Crippen molar-refractivity contribution in [1.29, 1.82) is 0 Å². The number of benzene rings is 2. The van der Waals surface area contributed by atoms with E-state index in [1.54, 1.807) is 12.1 Å². The highest BCUT2D eigenvalue weighted by Gasteiger charge is 2.12. The number of para-hydroxylation sites is 1. The quantitative estimate of drug-likeness (QED) is 0.784. The highest BCUT2D eigenvalue weighted by molar-refractivity contribution is 5.94. The number of fused-ring (bicyclic) bond motifs is 1. The van der Waals surface area contributed by atoms with E-state index in [4.69, 9.17) is 9.84 Å². The Bertz CT molecular complexity index is 769. The fourth-order valence-corrected chi connectivity index (χ4v) is 1.95. The van der Waals surface area contributed by atoms with Crippen LogP contribution in [0, 0.1) is 0 Å². The summed E-state index contributed by atoms with van der Waals surface area (Å²) in [6, 6.07) is 18.1. The molecule has 0 saturated heterocycles. The van der Waals surface area contributed by atoms with Crippen LogP contribution in [0.5, 0.6) is 11.6 Å². The number of carbonyl (C=O) groups is 1. The molecule has 4 nitrogen and oxygen atoms in total. The fraction of sp³-hybridized carbons (Fsp3) is 0. The van der Waals surface area contributed by atoms with Gasteiger partial charge in [0.05, 0.1) is 0 Å². The maximum atomic E-state index is 11.1. The SMILES string of the molecule is O=C(O)c1cc2ccccc2c(Oc2ccccc2)n1. The molecular weight excluding hydrogens is 254 g/mol. The van der Waals surface area contributed by atoms with Crippen molar-refractivity contribution in [2.24, 2.45) is 0 Å². The fourth-order valence-electron chi connectivity index (χ4n) is 1.95. The second-order valence-electron chi connectivity index (χ2n) is 4.25. The zero-order chi connectivity index (χ0) is 13.9. The second kappa shape index (κ2) is 5.01. The molecule has 0 aliphatic heterocycles. The Morgan fingerprint density at radius 2 is 1.70 bits per heavy atom. The van der Waals surface area contributed by atoms with Gasteiger partial charge in [0.1, 0.15) is 5.75 Å². The largest absolute Gasteiger partial charge is 0.477 e. The van der Waals surface area contributed by atoms with Gasteiger partial charge in [-0.3, -0.25) is 0 Å². The monoisotopic (exact) mass is 265 g/mol. The number of carboxylic acids is 1. The molecule has 1 aromatic heterocycles. The molecule has 0 atom stereocenters. The minimum Gasteiger partial charge on any atom is -0.477 e. The van der Waals surface area contributed by atoms with Gasteiger partial charge in [0.25, 0.3) is 0 Å². The number of nitrogens with zero attached hydrogens (tertiary/aromatic N) is 1. The first-order valence-corrected chi connectivity index (χ1v) is 6.10. The van der Waals surface area contributed by atoms with Gasteiger partial charge >= 0.3 is 5.97 Å². The van der Waals surface area contributed by atoms with Crippen LogP contribution in [0.2, 0.25) is 0 Å². The van der Waals surface area contributed by atoms with E-state index in [0.29, 0.717) is 11.6 Å². The number of aromatic nitrogens is 1. The molecule has 1 heterocycles. The molecule has 4 heteroatoms. The molecular formula is C16H11NO3. The normalized spacial score (nSPS) is 10.4. The molecule has 3 aromatic rings. The molecule has 0 amide bonds. The summed E-state index contributed by atoms with van der Waals surface area (Å²) < 4.78 is 5.71. The van der Waals surface area contributed by atoms with E-state index >= 15 is 0 Å². The summed E-state index contributed by atoms with van der Waals surface area (Å²) in [5.74, 6) is -0.159. The van der Waals surface area contributed by atoms with Crippen LogP contribution in [0.1, 0.15) is 10.5 Å². The molecule has 0 bridgehead atoms. The van der Waals surface area contributed by atoms with Gasteiger partial charge in [0.15, 0.2) is 5.69 Å². The van der Waals surface area contributed by atoms with Crippen molar-refractivity contribution in [2.75, 3.05) is 0 Å². The van der Waals surface area contributed by atoms with E-state index in [9.17, 15) is 4.79 Å². The van der Waals surface area contributed by atoms with Gasteiger partial charge in [-0.05, 0) is 29.7 Å². The summed E-state index contributed by atoms with van der Waals surface area (Å²) in [6.07, 6.45) is 0. The molecule has 1 N–H and O–H groups in total. The molecule has 0 unspecified atom stereocenters. The maximum Gasteiger partial charge on any atom is 0.354 e. The third-order valence-electron chi connectivity index (χ3n) is 2.88. The number of aromatic carboxylic acids is 1. The molecule has 0 spiro atoms. The highest BCUT2D eigenvalue weighted by Crippen LogP contribution is 2.28.